The number of nitrogens with one attached hydrogen (secondary N) is 1. The zero-order valence-electron chi connectivity index (χ0n) is 16.7. The second-order valence-corrected chi connectivity index (χ2v) is 8.04. The van der Waals surface area contributed by atoms with E-state index < -0.39 is 0 Å². The maximum Gasteiger partial charge on any atom is 0.237 e. The topological polar surface area (TPSA) is 64.1 Å². The quantitative estimate of drug-likeness (QED) is 0.426. The molecule has 0 bridgehead atoms. The molecule has 150 valence electrons. The average molecular weight is 416 g/mol. The van der Waals surface area contributed by atoms with Crippen molar-refractivity contribution in [3.63, 3.8) is 0 Å². The summed E-state index contributed by atoms with van der Waals surface area (Å²) in [5, 5.41) is 14.2. The molecular weight excluding hydrogens is 394 g/mol. The molecule has 4 aromatic rings. The van der Waals surface area contributed by atoms with Gasteiger partial charge in [0.25, 0.3) is 0 Å². The van der Waals surface area contributed by atoms with Crippen LogP contribution in [0.25, 0.3) is 22.0 Å². The molecule has 1 N–H and O–H groups in total. The van der Waals surface area contributed by atoms with Crippen molar-refractivity contribution in [3.8, 4) is 17.0 Å². The van der Waals surface area contributed by atoms with E-state index in [2.05, 4.69) is 15.5 Å². The van der Waals surface area contributed by atoms with Crippen LogP contribution in [0, 0.1) is 0 Å². The van der Waals surface area contributed by atoms with Gasteiger partial charge in [-0.2, -0.15) is 0 Å². The standard InChI is InChI=1S/C24H21N3O2S/c1-16(23(28)25-20-14-8-9-15-21(20)29-2)30-24-19-13-7-6-12-18(19)22(26-27-24)17-10-4-3-5-11-17/h3-16H,1-2H3,(H,25,28). The van der Waals surface area contributed by atoms with Crippen LogP contribution in [0.2, 0.25) is 0 Å². The van der Waals surface area contributed by atoms with Gasteiger partial charge in [0.05, 0.1) is 18.0 Å². The molecular formula is C24H21N3O2S. The average Bonchev–Trinajstić information content (AvgIpc) is 2.80. The molecule has 0 saturated carbocycles. The van der Waals surface area contributed by atoms with Gasteiger partial charge in [-0.25, -0.2) is 0 Å². The molecule has 0 spiro atoms. The third-order valence-corrected chi connectivity index (χ3v) is 5.82. The zero-order chi connectivity index (χ0) is 20.9. The van der Waals surface area contributed by atoms with E-state index in [1.807, 2.05) is 85.8 Å². The summed E-state index contributed by atoms with van der Waals surface area (Å²) in [6.07, 6.45) is 0. The Bertz CT molecular complexity index is 1180. The van der Waals surface area contributed by atoms with E-state index >= 15 is 0 Å². The lowest BCUT2D eigenvalue weighted by Crippen LogP contribution is -2.22. The number of ether oxygens (including phenoxy) is 1. The Morgan fingerprint density at radius 3 is 2.33 bits per heavy atom. The third kappa shape index (κ3) is 4.14. The molecule has 0 fully saturated rings. The first kappa shape index (κ1) is 19.9. The number of carbonyl (C=O) groups is 1. The Balaban J connectivity index is 1.60. The van der Waals surface area contributed by atoms with Gasteiger partial charge >= 0.3 is 0 Å². The number of hydrogen-bond acceptors (Lipinski definition) is 5. The number of hydrogen-bond donors (Lipinski definition) is 1. The predicted molar refractivity (Wildman–Crippen MR) is 122 cm³/mol. The summed E-state index contributed by atoms with van der Waals surface area (Å²) in [4.78, 5) is 12.8. The fourth-order valence-electron chi connectivity index (χ4n) is 3.18. The maximum atomic E-state index is 12.8. The highest BCUT2D eigenvalue weighted by atomic mass is 32.2. The number of carbonyl (C=O) groups excluding carboxylic acids is 1. The van der Waals surface area contributed by atoms with E-state index in [1.165, 1.54) is 11.8 Å². The van der Waals surface area contributed by atoms with Crippen LogP contribution in [0.3, 0.4) is 0 Å². The molecule has 5 nitrogen and oxygen atoms in total. The lowest BCUT2D eigenvalue weighted by molar-refractivity contribution is -0.115. The van der Waals surface area contributed by atoms with Gasteiger partial charge in [0.2, 0.25) is 5.91 Å². The van der Waals surface area contributed by atoms with Gasteiger partial charge in [0, 0.05) is 16.3 Å². The maximum absolute atomic E-state index is 12.8. The lowest BCUT2D eigenvalue weighted by Gasteiger charge is -2.15. The number of anilines is 1. The normalized spacial score (nSPS) is 11.8. The Labute approximate surface area is 179 Å². The summed E-state index contributed by atoms with van der Waals surface area (Å²) in [6, 6.07) is 25.4. The van der Waals surface area contributed by atoms with Crippen LogP contribution in [0.4, 0.5) is 5.69 Å². The molecule has 0 aliphatic heterocycles. The largest absolute Gasteiger partial charge is 0.495 e. The van der Waals surface area contributed by atoms with Crippen molar-refractivity contribution in [1.82, 2.24) is 10.2 Å². The fourth-order valence-corrected chi connectivity index (χ4v) is 4.07. The third-order valence-electron chi connectivity index (χ3n) is 4.72. The Morgan fingerprint density at radius 2 is 1.57 bits per heavy atom. The highest BCUT2D eigenvalue weighted by Gasteiger charge is 2.19. The summed E-state index contributed by atoms with van der Waals surface area (Å²) in [5.74, 6) is 0.503. The van der Waals surface area contributed by atoms with Gasteiger partial charge in [-0.3, -0.25) is 4.79 Å². The molecule has 4 rings (SSSR count). The van der Waals surface area contributed by atoms with Crippen molar-refractivity contribution >= 4 is 34.1 Å². The number of fused-ring (bicyclic) bond motifs is 1. The molecule has 1 amide bonds. The minimum atomic E-state index is -0.366. The van der Waals surface area contributed by atoms with Gasteiger partial charge in [-0.1, -0.05) is 78.5 Å². The van der Waals surface area contributed by atoms with Crippen LogP contribution in [0.5, 0.6) is 5.75 Å². The summed E-state index contributed by atoms with van der Waals surface area (Å²) < 4.78 is 5.31. The Kier molecular flexibility index (Phi) is 5.95. The SMILES string of the molecule is COc1ccccc1NC(=O)C(C)Sc1nnc(-c2ccccc2)c2ccccc12. The highest BCUT2D eigenvalue weighted by Crippen LogP contribution is 2.34. The molecule has 0 saturated heterocycles. The van der Waals surface area contributed by atoms with Gasteiger partial charge in [0.1, 0.15) is 16.5 Å². The monoisotopic (exact) mass is 415 g/mol. The van der Waals surface area contributed by atoms with E-state index in [0.717, 1.165) is 27.1 Å². The molecule has 0 aliphatic rings. The minimum Gasteiger partial charge on any atom is -0.495 e. The summed E-state index contributed by atoms with van der Waals surface area (Å²) in [6.45, 7) is 1.86. The smallest absolute Gasteiger partial charge is 0.237 e. The van der Waals surface area contributed by atoms with Crippen LogP contribution in [0.1, 0.15) is 6.92 Å². The number of nitrogens with zero attached hydrogens (tertiary/aromatic N) is 2. The van der Waals surface area contributed by atoms with Crippen molar-refractivity contribution in [2.45, 2.75) is 17.2 Å². The Hall–Kier alpha value is -3.38. The molecule has 30 heavy (non-hydrogen) atoms. The van der Waals surface area contributed by atoms with Crippen LogP contribution in [-0.4, -0.2) is 28.5 Å². The van der Waals surface area contributed by atoms with Crippen molar-refractivity contribution in [2.75, 3.05) is 12.4 Å². The van der Waals surface area contributed by atoms with Crippen molar-refractivity contribution in [2.24, 2.45) is 0 Å². The van der Waals surface area contributed by atoms with Crippen molar-refractivity contribution in [3.05, 3.63) is 78.9 Å². The van der Waals surface area contributed by atoms with Gasteiger partial charge in [-0.15, -0.1) is 10.2 Å². The van der Waals surface area contributed by atoms with Crippen molar-refractivity contribution in [1.29, 1.82) is 0 Å². The first-order chi connectivity index (χ1) is 14.7. The van der Waals surface area contributed by atoms with E-state index in [9.17, 15) is 4.79 Å². The van der Waals surface area contributed by atoms with Crippen LogP contribution in [-0.2, 0) is 4.79 Å². The molecule has 3 aromatic carbocycles. The second-order valence-electron chi connectivity index (χ2n) is 6.71. The van der Waals surface area contributed by atoms with Gasteiger partial charge in [-0.05, 0) is 19.1 Å². The molecule has 1 atom stereocenters. The van der Waals surface area contributed by atoms with Gasteiger partial charge in [0.15, 0.2) is 0 Å². The van der Waals surface area contributed by atoms with Crippen LogP contribution < -0.4 is 10.1 Å². The van der Waals surface area contributed by atoms with Crippen LogP contribution in [0.15, 0.2) is 83.9 Å². The fraction of sp³-hybridized carbons (Fsp3) is 0.125. The van der Waals surface area contributed by atoms with E-state index in [4.69, 9.17) is 4.74 Å². The Morgan fingerprint density at radius 1 is 0.900 bits per heavy atom. The lowest BCUT2D eigenvalue weighted by atomic mass is 10.1. The summed E-state index contributed by atoms with van der Waals surface area (Å²) >= 11 is 1.39. The molecule has 1 heterocycles. The number of methoxy groups -OCH3 is 1. The summed E-state index contributed by atoms with van der Waals surface area (Å²) in [7, 11) is 1.58. The second kappa shape index (κ2) is 8.97. The predicted octanol–water partition coefficient (Wildman–Crippen LogP) is 5.42. The van der Waals surface area contributed by atoms with Gasteiger partial charge < -0.3 is 10.1 Å². The number of rotatable bonds is 6. The number of benzene rings is 3. The van der Waals surface area contributed by atoms with Crippen molar-refractivity contribution < 1.29 is 9.53 Å². The molecule has 1 unspecified atom stereocenters. The molecule has 0 radical (unpaired) electrons. The molecule has 6 heteroatoms. The first-order valence-electron chi connectivity index (χ1n) is 9.58. The first-order valence-corrected chi connectivity index (χ1v) is 10.5. The number of aromatic nitrogens is 2. The van der Waals surface area contributed by atoms with E-state index in [1.54, 1.807) is 7.11 Å². The van der Waals surface area contributed by atoms with Crippen LogP contribution >= 0.6 is 11.8 Å². The number of thioether (sulfide) groups is 1. The number of para-hydroxylation sites is 2. The number of amides is 1. The highest BCUT2D eigenvalue weighted by molar-refractivity contribution is 8.00. The van der Waals surface area contributed by atoms with E-state index in [-0.39, 0.29) is 11.2 Å². The van der Waals surface area contributed by atoms with E-state index in [0.29, 0.717) is 11.4 Å². The zero-order valence-corrected chi connectivity index (χ0v) is 17.5. The molecule has 0 aliphatic carbocycles. The summed E-state index contributed by atoms with van der Waals surface area (Å²) in [5.41, 5.74) is 2.49. The molecule has 1 aromatic heterocycles. The minimum absolute atomic E-state index is 0.123.